The number of aryl methyl sites for hydroxylation is 1. The van der Waals surface area contributed by atoms with Gasteiger partial charge in [-0.25, -0.2) is 30.8 Å². The minimum Gasteiger partial charge on any atom is -0.489 e. The Morgan fingerprint density at radius 3 is 2.04 bits per heavy atom. The second kappa shape index (κ2) is 22.6. The predicted molar refractivity (Wildman–Crippen MR) is 299 cm³/mol. The molecule has 9 aromatic rings. The molecule has 23 heteroatoms. The molecule has 8 heterocycles. The molecule has 80 heavy (non-hydrogen) atoms. The standard InChI is InChI=1S/C57H48ClN9O10S3/c1-57(24-19-38-30-44(15-17-50(38)77-57)79(72)66-27-21-40(35-66)61-54(68)47-7-2-3-25-59-47)32-39-6-4-9-48(60-39)55(69)63-42-22-28-67(36-42)80(73,74)45-16-18-52-53(31-45)75-29-23-51(76-52)46-8-5-10-49(64-46)56(70)62-41-20-26-65(34-41)78(71)43-13-11-37(33-58)12-14-43/h2-18,20-22,25-28,30-31,34-36,51H,19,23-24,29,32-33H2,1H3,(H,61,68)(H,62,70)(H,63,69). The summed E-state index contributed by atoms with van der Waals surface area (Å²) >= 11 is 5.89. The van der Waals surface area contributed by atoms with Gasteiger partial charge in [0, 0.05) is 73.9 Å². The van der Waals surface area contributed by atoms with E-state index in [9.17, 15) is 31.2 Å². The van der Waals surface area contributed by atoms with Crippen LogP contribution in [0.1, 0.15) is 79.8 Å². The third kappa shape index (κ3) is 11.7. The number of fused-ring (bicyclic) bond motifs is 2. The quantitative estimate of drug-likeness (QED) is 0.0766. The number of pyridine rings is 3. The van der Waals surface area contributed by atoms with Crippen LogP contribution in [0.25, 0.3) is 0 Å². The van der Waals surface area contributed by atoms with Crippen molar-refractivity contribution in [1.29, 1.82) is 0 Å². The zero-order valence-electron chi connectivity index (χ0n) is 42.4. The van der Waals surface area contributed by atoms with E-state index >= 15 is 0 Å². The highest BCUT2D eigenvalue weighted by molar-refractivity contribution is 7.90. The van der Waals surface area contributed by atoms with Crippen LogP contribution in [-0.2, 0) is 50.7 Å². The molecular weight excluding hydrogens is 1100 g/mol. The lowest BCUT2D eigenvalue weighted by Crippen LogP contribution is -2.39. The lowest BCUT2D eigenvalue weighted by Gasteiger charge is -2.36. The van der Waals surface area contributed by atoms with E-state index in [0.29, 0.717) is 69.9 Å². The number of halogens is 1. The Bertz CT molecular complexity index is 4000. The molecule has 11 rings (SSSR count). The number of aromatic nitrogens is 6. The molecule has 0 radical (unpaired) electrons. The van der Waals surface area contributed by atoms with Crippen LogP contribution in [0.2, 0.25) is 0 Å². The van der Waals surface area contributed by atoms with Crippen molar-refractivity contribution in [1.82, 2.24) is 26.9 Å². The number of hydrogen-bond acceptors (Lipinski definition) is 13. The molecule has 0 fully saturated rings. The molecule has 6 aromatic heterocycles. The smallest absolute Gasteiger partial charge is 0.274 e. The van der Waals surface area contributed by atoms with Crippen LogP contribution in [0.3, 0.4) is 0 Å². The largest absolute Gasteiger partial charge is 0.489 e. The van der Waals surface area contributed by atoms with Gasteiger partial charge in [-0.05, 0) is 128 Å². The number of ether oxygens (including phenoxy) is 3. The molecule has 4 atom stereocenters. The Morgan fingerprint density at radius 2 is 1.32 bits per heavy atom. The first-order chi connectivity index (χ1) is 38.7. The zero-order chi connectivity index (χ0) is 55.5. The summed E-state index contributed by atoms with van der Waals surface area (Å²) in [5, 5.41) is 8.33. The SMILES string of the molecule is CC1(Cc2cccc(C(=O)Nc3ccn(S(=O)(=O)c4ccc5c(c4)OCCC(c4cccc(C(=O)Nc6ccn(S(=O)c7ccc(CCl)cc7)c6)n4)O5)c3)n2)CCc2cc(S(=O)n3ccc(NC(=O)c4ccccn4)c3)ccc2O1. The number of anilines is 3. The first-order valence-electron chi connectivity index (χ1n) is 25.0. The highest BCUT2D eigenvalue weighted by Gasteiger charge is 2.33. The van der Waals surface area contributed by atoms with Gasteiger partial charge in [-0.15, -0.1) is 11.6 Å². The third-order valence-corrected chi connectivity index (χ3v) is 17.7. The van der Waals surface area contributed by atoms with Crippen LogP contribution in [0.15, 0.2) is 192 Å². The zero-order valence-corrected chi connectivity index (χ0v) is 45.6. The molecule has 3 amide bonds. The normalized spacial score (nSPS) is 16.5. The summed E-state index contributed by atoms with van der Waals surface area (Å²) < 4.78 is 77.5. The number of hydrogen-bond donors (Lipinski definition) is 3. The highest BCUT2D eigenvalue weighted by Crippen LogP contribution is 2.39. The number of alkyl halides is 1. The summed E-state index contributed by atoms with van der Waals surface area (Å²) in [7, 11) is -7.32. The molecule has 3 N–H and O–H groups in total. The van der Waals surface area contributed by atoms with E-state index in [1.165, 1.54) is 50.8 Å². The topological polar surface area (TPSA) is 237 Å². The van der Waals surface area contributed by atoms with E-state index in [-0.39, 0.29) is 51.7 Å². The molecule has 0 spiro atoms. The van der Waals surface area contributed by atoms with Crippen molar-refractivity contribution in [2.24, 2.45) is 0 Å². The first-order valence-corrected chi connectivity index (χ1v) is 29.2. The summed E-state index contributed by atoms with van der Waals surface area (Å²) in [6.07, 6.45) is 11.9. The minimum atomic E-state index is -4.18. The van der Waals surface area contributed by atoms with Crippen molar-refractivity contribution >= 4 is 78.4 Å². The molecule has 2 aliphatic heterocycles. The average molecular weight is 1150 g/mol. The molecule has 4 unspecified atom stereocenters. The van der Waals surface area contributed by atoms with Crippen LogP contribution in [-0.4, -0.2) is 73.6 Å². The molecule has 3 aromatic carbocycles. The number of nitrogens with zero attached hydrogens (tertiary/aromatic N) is 6. The van der Waals surface area contributed by atoms with Crippen LogP contribution >= 0.6 is 11.6 Å². The van der Waals surface area contributed by atoms with E-state index in [4.69, 9.17) is 25.8 Å². The van der Waals surface area contributed by atoms with E-state index in [1.54, 1.807) is 110 Å². The van der Waals surface area contributed by atoms with Crippen LogP contribution in [0.4, 0.5) is 17.1 Å². The van der Waals surface area contributed by atoms with E-state index < -0.39 is 55.5 Å². The van der Waals surface area contributed by atoms with Gasteiger partial charge < -0.3 is 30.2 Å². The Hall–Kier alpha value is -8.70. The predicted octanol–water partition coefficient (Wildman–Crippen LogP) is 9.38. The van der Waals surface area contributed by atoms with Crippen molar-refractivity contribution in [3.63, 3.8) is 0 Å². The van der Waals surface area contributed by atoms with Crippen LogP contribution in [0.5, 0.6) is 17.2 Å². The Balaban J connectivity index is 0.688. The molecule has 0 saturated heterocycles. The lowest BCUT2D eigenvalue weighted by molar-refractivity contribution is 0.0642. The van der Waals surface area contributed by atoms with Crippen LogP contribution in [0, 0.1) is 0 Å². The van der Waals surface area contributed by atoms with Crippen molar-refractivity contribution in [3.05, 3.63) is 216 Å². The monoisotopic (exact) mass is 1150 g/mol. The highest BCUT2D eigenvalue weighted by atomic mass is 35.5. The number of carbonyl (C=O) groups is 3. The summed E-state index contributed by atoms with van der Waals surface area (Å²) in [6.45, 7) is 2.12. The second-order valence-corrected chi connectivity index (χ2v) is 23.8. The fraction of sp³-hybridized carbons (Fsp3) is 0.158. The van der Waals surface area contributed by atoms with Gasteiger partial charge in [-0.1, -0.05) is 30.3 Å². The van der Waals surface area contributed by atoms with Crippen molar-refractivity contribution in [2.75, 3.05) is 22.6 Å². The number of nitrogens with one attached hydrogen (secondary N) is 3. The number of carbonyl (C=O) groups excluding carboxylic acids is 3. The third-order valence-electron chi connectivity index (χ3n) is 13.2. The maximum atomic E-state index is 14.0. The summed E-state index contributed by atoms with van der Waals surface area (Å²) in [6, 6.07) is 36.7. The van der Waals surface area contributed by atoms with Gasteiger partial charge in [0.15, 0.2) is 33.5 Å². The van der Waals surface area contributed by atoms with Gasteiger partial charge in [0.25, 0.3) is 27.7 Å². The number of benzene rings is 3. The first kappa shape index (κ1) is 53.3. The van der Waals surface area contributed by atoms with Gasteiger partial charge in [0.05, 0.1) is 44.0 Å². The molecule has 2 aliphatic rings. The maximum absolute atomic E-state index is 14.0. The maximum Gasteiger partial charge on any atom is 0.274 e. The van der Waals surface area contributed by atoms with Crippen LogP contribution < -0.4 is 30.2 Å². The summed E-state index contributed by atoms with van der Waals surface area (Å²) in [5.41, 5.74) is 3.81. The molecule has 0 bridgehead atoms. The average Bonchev–Trinajstić information content (AvgIpc) is 4.25. The summed E-state index contributed by atoms with van der Waals surface area (Å²) in [4.78, 5) is 53.9. The molecule has 19 nitrogen and oxygen atoms in total. The Kier molecular flexibility index (Phi) is 15.0. The van der Waals surface area contributed by atoms with Crippen molar-refractivity contribution in [2.45, 2.75) is 64.9 Å². The molecular formula is C57H48ClN9O10S3. The van der Waals surface area contributed by atoms with E-state index in [1.807, 2.05) is 31.2 Å². The molecule has 0 saturated carbocycles. The Labute approximate surface area is 469 Å². The number of amides is 3. The Morgan fingerprint density at radius 1 is 0.688 bits per heavy atom. The molecule has 406 valence electrons. The van der Waals surface area contributed by atoms with Crippen molar-refractivity contribution in [3.8, 4) is 17.2 Å². The molecule has 0 aliphatic carbocycles. The van der Waals surface area contributed by atoms with E-state index in [0.717, 1.165) is 15.1 Å². The van der Waals surface area contributed by atoms with Gasteiger partial charge in [0.2, 0.25) is 0 Å². The number of rotatable bonds is 16. The van der Waals surface area contributed by atoms with E-state index in [2.05, 4.69) is 30.9 Å². The fourth-order valence-corrected chi connectivity index (χ4v) is 12.5. The van der Waals surface area contributed by atoms with Gasteiger partial charge in [-0.3, -0.25) is 27.3 Å². The van der Waals surface area contributed by atoms with Crippen molar-refractivity contribution < 1.29 is 45.4 Å². The minimum absolute atomic E-state index is 0.0901. The second-order valence-electron chi connectivity index (χ2n) is 18.9. The van der Waals surface area contributed by atoms with Gasteiger partial charge in [0.1, 0.15) is 34.5 Å². The van der Waals surface area contributed by atoms with Gasteiger partial charge >= 0.3 is 0 Å². The summed E-state index contributed by atoms with van der Waals surface area (Å²) in [5.74, 6) is 0.0532. The lowest BCUT2D eigenvalue weighted by atomic mass is 9.88. The fourth-order valence-electron chi connectivity index (χ4n) is 9.05. The van der Waals surface area contributed by atoms with Gasteiger partial charge in [-0.2, -0.15) is 0 Å².